The van der Waals surface area contributed by atoms with Crippen LogP contribution in [0.2, 0.25) is 0 Å². The quantitative estimate of drug-likeness (QED) is 0.840. The van der Waals surface area contributed by atoms with Crippen molar-refractivity contribution in [1.82, 2.24) is 9.55 Å². The van der Waals surface area contributed by atoms with Gasteiger partial charge in [-0.15, -0.1) is 0 Å². The SMILES string of the molecule is CN(C)c1ncc(CNc2ccc(CCO)cc2)n1C. The minimum absolute atomic E-state index is 0.190. The van der Waals surface area contributed by atoms with Crippen LogP contribution in [-0.2, 0) is 20.0 Å². The topological polar surface area (TPSA) is 53.3 Å². The van der Waals surface area contributed by atoms with Crippen molar-refractivity contribution in [3.63, 3.8) is 0 Å². The lowest BCUT2D eigenvalue weighted by Crippen LogP contribution is -2.15. The van der Waals surface area contributed by atoms with Gasteiger partial charge >= 0.3 is 0 Å². The van der Waals surface area contributed by atoms with Crippen molar-refractivity contribution < 1.29 is 5.11 Å². The molecule has 0 atom stereocenters. The molecule has 1 heterocycles. The average molecular weight is 274 g/mol. The first kappa shape index (κ1) is 14.4. The van der Waals surface area contributed by atoms with Gasteiger partial charge in [0.05, 0.1) is 18.4 Å². The van der Waals surface area contributed by atoms with E-state index in [2.05, 4.69) is 14.9 Å². The Hall–Kier alpha value is -2.01. The van der Waals surface area contributed by atoms with Crippen molar-refractivity contribution in [2.24, 2.45) is 7.05 Å². The van der Waals surface area contributed by atoms with Crippen molar-refractivity contribution in [3.8, 4) is 0 Å². The summed E-state index contributed by atoms with van der Waals surface area (Å²) >= 11 is 0. The summed E-state index contributed by atoms with van der Waals surface area (Å²) in [6.07, 6.45) is 2.59. The standard InChI is InChI=1S/C15H22N4O/c1-18(2)15-17-11-14(19(15)3)10-16-13-6-4-12(5-7-13)8-9-20/h4-7,11,16,20H,8-10H2,1-3H3. The molecule has 1 aromatic carbocycles. The highest BCUT2D eigenvalue weighted by Crippen LogP contribution is 2.14. The second-order valence-electron chi connectivity index (χ2n) is 5.03. The zero-order valence-corrected chi connectivity index (χ0v) is 12.3. The molecule has 5 heteroatoms. The van der Waals surface area contributed by atoms with Gasteiger partial charge in [-0.25, -0.2) is 4.98 Å². The molecule has 0 aliphatic carbocycles. The predicted octanol–water partition coefficient (Wildman–Crippen LogP) is 1.63. The number of hydrogen-bond acceptors (Lipinski definition) is 4. The first-order valence-electron chi connectivity index (χ1n) is 6.73. The number of imidazole rings is 1. The number of benzene rings is 1. The van der Waals surface area contributed by atoms with Gasteiger partial charge in [0.15, 0.2) is 0 Å². The smallest absolute Gasteiger partial charge is 0.204 e. The molecule has 2 rings (SSSR count). The normalized spacial score (nSPS) is 10.6. The predicted molar refractivity (Wildman–Crippen MR) is 82.1 cm³/mol. The van der Waals surface area contributed by atoms with E-state index in [-0.39, 0.29) is 6.61 Å². The van der Waals surface area contributed by atoms with E-state index in [0.29, 0.717) is 6.42 Å². The van der Waals surface area contributed by atoms with Crippen LogP contribution >= 0.6 is 0 Å². The molecule has 0 saturated carbocycles. The minimum atomic E-state index is 0.190. The summed E-state index contributed by atoms with van der Waals surface area (Å²) in [5, 5.41) is 12.3. The molecule has 0 aliphatic heterocycles. The summed E-state index contributed by atoms with van der Waals surface area (Å²) in [5.74, 6) is 0.945. The Bertz CT molecular complexity index is 546. The zero-order chi connectivity index (χ0) is 14.5. The van der Waals surface area contributed by atoms with Gasteiger partial charge in [-0.1, -0.05) is 12.1 Å². The van der Waals surface area contributed by atoms with Gasteiger partial charge in [0.25, 0.3) is 0 Å². The maximum atomic E-state index is 8.89. The summed E-state index contributed by atoms with van der Waals surface area (Å²) in [4.78, 5) is 6.38. The fourth-order valence-electron chi connectivity index (χ4n) is 2.12. The lowest BCUT2D eigenvalue weighted by Gasteiger charge is -2.13. The van der Waals surface area contributed by atoms with Gasteiger partial charge < -0.3 is 19.9 Å². The first-order chi connectivity index (χ1) is 9.61. The second-order valence-corrected chi connectivity index (χ2v) is 5.03. The van der Waals surface area contributed by atoms with Crippen LogP contribution in [-0.4, -0.2) is 35.4 Å². The summed E-state index contributed by atoms with van der Waals surface area (Å²) < 4.78 is 2.08. The van der Waals surface area contributed by atoms with Crippen molar-refractivity contribution in [1.29, 1.82) is 0 Å². The molecular formula is C15H22N4O. The van der Waals surface area contributed by atoms with Crippen molar-refractivity contribution in [2.45, 2.75) is 13.0 Å². The van der Waals surface area contributed by atoms with E-state index in [1.54, 1.807) is 0 Å². The molecule has 0 unspecified atom stereocenters. The van der Waals surface area contributed by atoms with Gasteiger partial charge in [0.1, 0.15) is 0 Å². The Morgan fingerprint density at radius 1 is 1.25 bits per heavy atom. The molecule has 108 valence electrons. The van der Waals surface area contributed by atoms with Gasteiger partial charge in [-0.2, -0.15) is 0 Å². The maximum absolute atomic E-state index is 8.89. The number of hydrogen-bond donors (Lipinski definition) is 2. The summed E-state index contributed by atoms with van der Waals surface area (Å²) in [7, 11) is 5.99. The lowest BCUT2D eigenvalue weighted by molar-refractivity contribution is 0.299. The fourth-order valence-corrected chi connectivity index (χ4v) is 2.12. The molecule has 0 spiro atoms. The largest absolute Gasteiger partial charge is 0.396 e. The van der Waals surface area contributed by atoms with Crippen LogP contribution in [0.3, 0.4) is 0 Å². The summed E-state index contributed by atoms with van der Waals surface area (Å²) in [5.41, 5.74) is 3.35. The third kappa shape index (κ3) is 3.30. The average Bonchev–Trinajstić information content (AvgIpc) is 2.80. The summed E-state index contributed by atoms with van der Waals surface area (Å²) in [6.45, 7) is 0.922. The number of anilines is 2. The second kappa shape index (κ2) is 6.43. The van der Waals surface area contributed by atoms with Gasteiger partial charge in [-0.3, -0.25) is 0 Å². The molecule has 2 aromatic rings. The number of aliphatic hydroxyl groups excluding tert-OH is 1. The van der Waals surface area contributed by atoms with E-state index in [9.17, 15) is 0 Å². The summed E-state index contributed by atoms with van der Waals surface area (Å²) in [6, 6.07) is 8.14. The Balaban J connectivity index is 1.98. The Morgan fingerprint density at radius 2 is 1.95 bits per heavy atom. The number of nitrogens with one attached hydrogen (secondary N) is 1. The van der Waals surface area contributed by atoms with Crippen LogP contribution in [0.25, 0.3) is 0 Å². The van der Waals surface area contributed by atoms with Crippen molar-refractivity contribution in [2.75, 3.05) is 30.9 Å². The van der Waals surface area contributed by atoms with Gasteiger partial charge in [0.2, 0.25) is 5.95 Å². The van der Waals surface area contributed by atoms with Gasteiger partial charge in [-0.05, 0) is 24.1 Å². The third-order valence-electron chi connectivity index (χ3n) is 3.29. The highest BCUT2D eigenvalue weighted by Gasteiger charge is 2.07. The molecule has 0 fully saturated rings. The molecule has 2 N–H and O–H groups in total. The van der Waals surface area contributed by atoms with E-state index < -0.39 is 0 Å². The van der Waals surface area contributed by atoms with E-state index in [1.807, 2.05) is 56.5 Å². The Morgan fingerprint density at radius 3 is 2.50 bits per heavy atom. The first-order valence-corrected chi connectivity index (χ1v) is 6.73. The molecule has 0 amide bonds. The van der Waals surface area contributed by atoms with Crippen LogP contribution in [0.15, 0.2) is 30.5 Å². The van der Waals surface area contributed by atoms with E-state index in [1.165, 1.54) is 0 Å². The van der Waals surface area contributed by atoms with Crippen LogP contribution in [0.5, 0.6) is 0 Å². The Kier molecular flexibility index (Phi) is 4.63. The molecule has 0 bridgehead atoms. The minimum Gasteiger partial charge on any atom is -0.396 e. The molecule has 0 aliphatic rings. The van der Waals surface area contributed by atoms with Crippen LogP contribution in [0, 0.1) is 0 Å². The number of aromatic nitrogens is 2. The molecular weight excluding hydrogens is 252 g/mol. The van der Waals surface area contributed by atoms with Crippen LogP contribution in [0.1, 0.15) is 11.3 Å². The van der Waals surface area contributed by atoms with E-state index in [0.717, 1.165) is 29.4 Å². The Labute approximate surface area is 119 Å². The number of rotatable bonds is 6. The van der Waals surface area contributed by atoms with Gasteiger partial charge in [0, 0.05) is 33.4 Å². The molecule has 20 heavy (non-hydrogen) atoms. The lowest BCUT2D eigenvalue weighted by atomic mass is 10.1. The molecule has 0 saturated heterocycles. The van der Waals surface area contributed by atoms with E-state index >= 15 is 0 Å². The van der Waals surface area contributed by atoms with E-state index in [4.69, 9.17) is 5.11 Å². The number of nitrogens with zero attached hydrogens (tertiary/aromatic N) is 3. The monoisotopic (exact) mass is 274 g/mol. The van der Waals surface area contributed by atoms with Crippen LogP contribution in [0.4, 0.5) is 11.6 Å². The molecule has 1 aromatic heterocycles. The van der Waals surface area contributed by atoms with Crippen LogP contribution < -0.4 is 10.2 Å². The molecule has 5 nitrogen and oxygen atoms in total. The molecule has 0 radical (unpaired) electrons. The highest BCUT2D eigenvalue weighted by molar-refractivity contribution is 5.45. The van der Waals surface area contributed by atoms with Crippen molar-refractivity contribution in [3.05, 3.63) is 41.7 Å². The maximum Gasteiger partial charge on any atom is 0.204 e. The highest BCUT2D eigenvalue weighted by atomic mass is 16.2. The third-order valence-corrected chi connectivity index (χ3v) is 3.29. The number of aliphatic hydroxyl groups is 1. The zero-order valence-electron chi connectivity index (χ0n) is 12.3. The fraction of sp³-hybridized carbons (Fsp3) is 0.400. The van der Waals surface area contributed by atoms with Crippen molar-refractivity contribution >= 4 is 11.6 Å².